The van der Waals surface area contributed by atoms with Gasteiger partial charge >= 0.3 is 11.9 Å². The fourth-order valence-electron chi connectivity index (χ4n) is 3.19. The Balaban J connectivity index is 2.16. The van der Waals surface area contributed by atoms with Gasteiger partial charge in [-0.15, -0.1) is 0 Å². The van der Waals surface area contributed by atoms with E-state index in [1.54, 1.807) is 0 Å². The number of methoxy groups -OCH3 is 1. The highest BCUT2D eigenvalue weighted by atomic mass is 79.9. The Morgan fingerprint density at radius 2 is 2.11 bits per heavy atom. The molecule has 18 heavy (non-hydrogen) atoms. The Morgan fingerprint density at radius 1 is 1.39 bits per heavy atom. The van der Waals surface area contributed by atoms with E-state index >= 15 is 0 Å². The van der Waals surface area contributed by atoms with Crippen molar-refractivity contribution < 1.29 is 19.1 Å². The number of hydrogen-bond donors (Lipinski definition) is 0. The van der Waals surface area contributed by atoms with Gasteiger partial charge in [-0.1, -0.05) is 15.9 Å². The van der Waals surface area contributed by atoms with E-state index in [0.717, 1.165) is 12.8 Å². The van der Waals surface area contributed by atoms with Crippen molar-refractivity contribution in [2.75, 3.05) is 19.5 Å². The van der Waals surface area contributed by atoms with E-state index in [9.17, 15) is 9.59 Å². The van der Waals surface area contributed by atoms with Crippen molar-refractivity contribution in [3.8, 4) is 0 Å². The second kappa shape index (κ2) is 5.57. The topological polar surface area (TPSA) is 55.8 Å². The third-order valence-electron chi connectivity index (χ3n) is 4.08. The lowest BCUT2D eigenvalue weighted by Gasteiger charge is -2.40. The summed E-state index contributed by atoms with van der Waals surface area (Å²) in [6.45, 7) is 0. The third kappa shape index (κ3) is 2.40. The zero-order valence-corrected chi connectivity index (χ0v) is 12.2. The van der Waals surface area contributed by atoms with E-state index in [-0.39, 0.29) is 35.3 Å². The lowest BCUT2D eigenvalue weighted by atomic mass is 9.87. The summed E-state index contributed by atoms with van der Waals surface area (Å²) < 4.78 is 10.3. The first-order chi connectivity index (χ1) is 8.58. The summed E-state index contributed by atoms with van der Waals surface area (Å²) in [4.78, 5) is 25.6. The van der Waals surface area contributed by atoms with Crippen LogP contribution >= 0.6 is 15.9 Å². The smallest absolute Gasteiger partial charge is 0.316 e. The van der Waals surface area contributed by atoms with Gasteiger partial charge in [0.25, 0.3) is 0 Å². The Morgan fingerprint density at radius 3 is 2.72 bits per heavy atom. The molecule has 0 aromatic rings. The largest absolute Gasteiger partial charge is 0.469 e. The van der Waals surface area contributed by atoms with Crippen molar-refractivity contribution in [3.05, 3.63) is 0 Å². The molecule has 4 unspecified atom stereocenters. The maximum absolute atomic E-state index is 11.9. The minimum atomic E-state index is -0.359. The van der Waals surface area contributed by atoms with E-state index in [0.29, 0.717) is 12.5 Å². The minimum absolute atomic E-state index is 0.129. The molecule has 0 aliphatic carbocycles. The van der Waals surface area contributed by atoms with E-state index < -0.39 is 0 Å². The predicted octanol–water partition coefficient (Wildman–Crippen LogP) is 0.949. The molecule has 2 saturated heterocycles. The normalized spacial score (nSPS) is 35.3. The summed E-state index contributed by atoms with van der Waals surface area (Å²) in [5.74, 6) is -0.959. The van der Waals surface area contributed by atoms with Gasteiger partial charge < -0.3 is 9.47 Å². The first-order valence-corrected chi connectivity index (χ1v) is 7.25. The molecular weight excluding hydrogens is 302 g/mol. The summed E-state index contributed by atoms with van der Waals surface area (Å²) in [7, 11) is 3.41. The highest BCUT2D eigenvalue weighted by molar-refractivity contribution is 9.09. The van der Waals surface area contributed by atoms with Crippen molar-refractivity contribution >= 4 is 27.9 Å². The van der Waals surface area contributed by atoms with Crippen LogP contribution < -0.4 is 0 Å². The molecule has 0 amide bonds. The molecule has 0 N–H and O–H groups in total. The van der Waals surface area contributed by atoms with Crippen LogP contribution in [0.3, 0.4) is 0 Å². The number of hydrogen-bond acceptors (Lipinski definition) is 5. The zero-order valence-electron chi connectivity index (χ0n) is 10.6. The van der Waals surface area contributed by atoms with Crippen LogP contribution in [0.2, 0.25) is 0 Å². The molecule has 4 atom stereocenters. The second-order valence-electron chi connectivity index (χ2n) is 4.91. The van der Waals surface area contributed by atoms with Gasteiger partial charge in [0.05, 0.1) is 7.11 Å². The summed E-state index contributed by atoms with van der Waals surface area (Å²) in [6, 6.07) is 0.536. The molecule has 2 aliphatic rings. The van der Waals surface area contributed by atoms with E-state index in [1.165, 1.54) is 7.11 Å². The number of rotatable bonds is 3. The van der Waals surface area contributed by atoms with Crippen LogP contribution in [0.5, 0.6) is 0 Å². The van der Waals surface area contributed by atoms with E-state index in [1.807, 2.05) is 7.05 Å². The Hall–Kier alpha value is -0.620. The Bertz CT molecular complexity index is 349. The van der Waals surface area contributed by atoms with Crippen LogP contribution in [0, 0.1) is 5.92 Å². The Labute approximate surface area is 115 Å². The Kier molecular flexibility index (Phi) is 4.27. The van der Waals surface area contributed by atoms with Gasteiger partial charge in [0, 0.05) is 18.5 Å². The maximum Gasteiger partial charge on any atom is 0.316 e. The molecule has 0 saturated carbocycles. The minimum Gasteiger partial charge on any atom is -0.469 e. The van der Waals surface area contributed by atoms with Crippen LogP contribution in [0.4, 0.5) is 0 Å². The molecule has 2 heterocycles. The summed E-state index contributed by atoms with van der Waals surface area (Å²) in [5, 5.41) is 0.155. The van der Waals surface area contributed by atoms with Gasteiger partial charge in [-0.2, -0.15) is 0 Å². The number of nitrogens with zero attached hydrogens (tertiary/aromatic N) is 1. The highest BCUT2D eigenvalue weighted by Gasteiger charge is 2.50. The number of esters is 2. The molecule has 2 rings (SSSR count). The summed E-state index contributed by atoms with van der Waals surface area (Å²) in [5.41, 5.74) is 0. The number of fused-ring (bicyclic) bond motifs is 2. The van der Waals surface area contributed by atoms with Crippen LogP contribution in [0.1, 0.15) is 19.3 Å². The van der Waals surface area contributed by atoms with Crippen LogP contribution in [0.25, 0.3) is 0 Å². The van der Waals surface area contributed by atoms with Crippen molar-refractivity contribution in [2.24, 2.45) is 5.92 Å². The van der Waals surface area contributed by atoms with Gasteiger partial charge in [0.1, 0.15) is 17.4 Å². The van der Waals surface area contributed by atoms with Crippen LogP contribution in [0.15, 0.2) is 0 Å². The lowest BCUT2D eigenvalue weighted by Crippen LogP contribution is -2.53. The number of ether oxygens (including phenoxy) is 2. The number of halogens is 1. The molecule has 0 aromatic carbocycles. The molecule has 0 aromatic heterocycles. The highest BCUT2D eigenvalue weighted by Crippen LogP contribution is 2.40. The van der Waals surface area contributed by atoms with Crippen molar-refractivity contribution in [3.63, 3.8) is 0 Å². The average molecular weight is 320 g/mol. The fraction of sp³-hybridized carbons (Fsp3) is 0.833. The van der Waals surface area contributed by atoms with Gasteiger partial charge in [0.15, 0.2) is 0 Å². The maximum atomic E-state index is 11.9. The standard InChI is InChI=1S/C12H18BrNO4/c1-14-7-3-4-8(14)11(12(16)17-2)9(5-7)18-10(15)6-13/h7-9,11H,3-6H2,1-2H3. The van der Waals surface area contributed by atoms with E-state index in [2.05, 4.69) is 20.8 Å². The second-order valence-corrected chi connectivity index (χ2v) is 5.47. The van der Waals surface area contributed by atoms with Crippen molar-refractivity contribution in [1.82, 2.24) is 4.90 Å². The third-order valence-corrected chi connectivity index (χ3v) is 4.54. The molecular formula is C12H18BrNO4. The molecule has 0 spiro atoms. The van der Waals surface area contributed by atoms with Gasteiger partial charge in [-0.25, -0.2) is 0 Å². The quantitative estimate of drug-likeness (QED) is 0.572. The molecule has 2 fully saturated rings. The van der Waals surface area contributed by atoms with Crippen molar-refractivity contribution in [2.45, 2.75) is 37.5 Å². The molecule has 0 radical (unpaired) electrons. The molecule has 2 aliphatic heterocycles. The number of carbonyl (C=O) groups is 2. The first-order valence-electron chi connectivity index (χ1n) is 6.13. The zero-order chi connectivity index (χ0) is 13.3. The molecule has 2 bridgehead atoms. The first kappa shape index (κ1) is 13.8. The molecule has 5 nitrogen and oxygen atoms in total. The van der Waals surface area contributed by atoms with Gasteiger partial charge in [-0.05, 0) is 19.9 Å². The molecule has 102 valence electrons. The summed E-state index contributed by atoms with van der Waals surface area (Å²) >= 11 is 3.07. The average Bonchev–Trinajstić information content (AvgIpc) is 2.62. The number of piperidine rings is 1. The van der Waals surface area contributed by atoms with E-state index in [4.69, 9.17) is 9.47 Å². The van der Waals surface area contributed by atoms with Crippen LogP contribution in [-0.4, -0.2) is 54.5 Å². The predicted molar refractivity (Wildman–Crippen MR) is 68.4 cm³/mol. The summed E-state index contributed by atoms with van der Waals surface area (Å²) in [6.07, 6.45) is 2.38. The SMILES string of the molecule is COC(=O)C1C(OC(=O)CBr)CC2CCC1N2C. The van der Waals surface area contributed by atoms with Gasteiger partial charge in [0.2, 0.25) is 0 Å². The lowest BCUT2D eigenvalue weighted by molar-refractivity contribution is -0.166. The monoisotopic (exact) mass is 319 g/mol. The number of alkyl halides is 1. The molecule has 6 heteroatoms. The van der Waals surface area contributed by atoms with Gasteiger partial charge in [-0.3, -0.25) is 14.5 Å². The van der Waals surface area contributed by atoms with Crippen LogP contribution in [-0.2, 0) is 19.1 Å². The number of carbonyl (C=O) groups excluding carboxylic acids is 2. The van der Waals surface area contributed by atoms with Crippen molar-refractivity contribution in [1.29, 1.82) is 0 Å². The fourth-order valence-corrected chi connectivity index (χ4v) is 3.32.